The molecule has 0 N–H and O–H groups in total. The van der Waals surface area contributed by atoms with E-state index in [1.54, 1.807) is 13.2 Å². The summed E-state index contributed by atoms with van der Waals surface area (Å²) in [5, 5.41) is 0. The molecule has 0 spiro atoms. The van der Waals surface area contributed by atoms with Gasteiger partial charge in [0.05, 0.1) is 12.8 Å². The normalized spacial score (nSPS) is 10.2. The van der Waals surface area contributed by atoms with E-state index in [1.165, 1.54) is 0 Å². The van der Waals surface area contributed by atoms with Crippen LogP contribution in [0.1, 0.15) is 15.9 Å². The van der Waals surface area contributed by atoms with E-state index in [0.29, 0.717) is 16.9 Å². The first-order valence-corrected chi connectivity index (χ1v) is 7.11. The molecule has 0 aliphatic carbocycles. The Bertz CT molecular complexity index is 661. The van der Waals surface area contributed by atoms with Crippen molar-refractivity contribution >= 4 is 17.2 Å². The predicted octanol–water partition coefficient (Wildman–Crippen LogP) is 3.06. The molecule has 0 bridgehead atoms. The Labute approximate surface area is 131 Å². The van der Waals surface area contributed by atoms with Crippen LogP contribution in [0.5, 0.6) is 5.75 Å². The first-order valence-electron chi connectivity index (χ1n) is 7.11. The van der Waals surface area contributed by atoms with Gasteiger partial charge in [0.25, 0.3) is 0 Å². The second kappa shape index (κ2) is 6.52. The van der Waals surface area contributed by atoms with E-state index < -0.39 is 0 Å². The summed E-state index contributed by atoms with van der Waals surface area (Å²) in [4.78, 5) is 16.6. The number of benzene rings is 2. The lowest BCUT2D eigenvalue weighted by molar-refractivity contribution is 0.103. The third-order valence-electron chi connectivity index (χ3n) is 3.57. The molecule has 0 saturated heterocycles. The fourth-order valence-electron chi connectivity index (χ4n) is 2.27. The van der Waals surface area contributed by atoms with Crippen LogP contribution in [0, 0.1) is 0 Å². The highest BCUT2D eigenvalue weighted by molar-refractivity contribution is 6.09. The Morgan fingerprint density at radius 3 is 1.95 bits per heavy atom. The molecule has 0 fully saturated rings. The number of ketones is 1. The first kappa shape index (κ1) is 15.9. The number of carbonyl (C=O) groups excluding carboxylic acids is 1. The van der Waals surface area contributed by atoms with Crippen molar-refractivity contribution in [3.63, 3.8) is 0 Å². The number of nitrogens with zero attached hydrogens (tertiary/aromatic N) is 2. The number of hydrogen-bond acceptors (Lipinski definition) is 4. The van der Waals surface area contributed by atoms with Crippen molar-refractivity contribution in [1.29, 1.82) is 0 Å². The van der Waals surface area contributed by atoms with Gasteiger partial charge in [-0.15, -0.1) is 0 Å². The summed E-state index contributed by atoms with van der Waals surface area (Å²) in [6.45, 7) is 0. The molecule has 0 radical (unpaired) electrons. The van der Waals surface area contributed by atoms with E-state index in [2.05, 4.69) is 0 Å². The zero-order chi connectivity index (χ0) is 16.3. The van der Waals surface area contributed by atoms with Crippen molar-refractivity contribution in [2.75, 3.05) is 45.1 Å². The summed E-state index contributed by atoms with van der Waals surface area (Å²) in [5.41, 5.74) is 3.31. The first-order chi connectivity index (χ1) is 10.4. The highest BCUT2D eigenvalue weighted by atomic mass is 16.5. The Hall–Kier alpha value is -2.49. The Kier molecular flexibility index (Phi) is 4.71. The van der Waals surface area contributed by atoms with Crippen molar-refractivity contribution in [1.82, 2.24) is 0 Å². The predicted molar refractivity (Wildman–Crippen MR) is 91.5 cm³/mol. The lowest BCUT2D eigenvalue weighted by atomic mass is 10.0. The van der Waals surface area contributed by atoms with Gasteiger partial charge in [0.1, 0.15) is 5.75 Å². The minimum absolute atomic E-state index is 0.00564. The van der Waals surface area contributed by atoms with Crippen LogP contribution >= 0.6 is 0 Å². The maximum atomic E-state index is 12.6. The fraction of sp³-hybridized carbons (Fsp3) is 0.278. The smallest absolute Gasteiger partial charge is 0.193 e. The summed E-state index contributed by atoms with van der Waals surface area (Å²) in [6.07, 6.45) is 0. The number of anilines is 2. The van der Waals surface area contributed by atoms with Gasteiger partial charge >= 0.3 is 0 Å². The summed E-state index contributed by atoms with van der Waals surface area (Å²) < 4.78 is 5.38. The zero-order valence-electron chi connectivity index (χ0n) is 13.8. The minimum Gasteiger partial charge on any atom is -0.495 e. The van der Waals surface area contributed by atoms with Gasteiger partial charge in [-0.3, -0.25) is 4.79 Å². The minimum atomic E-state index is -0.00564. The molecule has 0 unspecified atom stereocenters. The number of hydrogen-bond donors (Lipinski definition) is 0. The van der Waals surface area contributed by atoms with Crippen molar-refractivity contribution in [2.45, 2.75) is 0 Å². The van der Waals surface area contributed by atoms with Crippen LogP contribution < -0.4 is 14.5 Å². The van der Waals surface area contributed by atoms with E-state index in [1.807, 2.05) is 74.4 Å². The quantitative estimate of drug-likeness (QED) is 0.794. The molecular weight excluding hydrogens is 276 g/mol. The van der Waals surface area contributed by atoms with Gasteiger partial charge in [0.2, 0.25) is 0 Å². The average molecular weight is 298 g/mol. The summed E-state index contributed by atoms with van der Waals surface area (Å²) in [7, 11) is 9.45. The second-order valence-corrected chi connectivity index (χ2v) is 5.55. The SMILES string of the molecule is COc1cc(C(=O)c2ccc(N(C)C)cc2)ccc1N(C)C. The van der Waals surface area contributed by atoms with Crippen molar-refractivity contribution in [3.05, 3.63) is 53.6 Å². The van der Waals surface area contributed by atoms with E-state index in [9.17, 15) is 4.79 Å². The lowest BCUT2D eigenvalue weighted by Crippen LogP contribution is -2.11. The van der Waals surface area contributed by atoms with E-state index >= 15 is 0 Å². The largest absolute Gasteiger partial charge is 0.495 e. The Morgan fingerprint density at radius 2 is 1.45 bits per heavy atom. The van der Waals surface area contributed by atoms with Crippen LogP contribution in [-0.4, -0.2) is 41.1 Å². The third kappa shape index (κ3) is 3.22. The summed E-state index contributed by atoms with van der Waals surface area (Å²) in [5.74, 6) is 0.690. The average Bonchev–Trinajstić information content (AvgIpc) is 2.53. The topological polar surface area (TPSA) is 32.8 Å². The molecule has 22 heavy (non-hydrogen) atoms. The van der Waals surface area contributed by atoms with Crippen LogP contribution in [0.2, 0.25) is 0 Å². The molecule has 4 nitrogen and oxygen atoms in total. The number of methoxy groups -OCH3 is 1. The summed E-state index contributed by atoms with van der Waals surface area (Å²) in [6, 6.07) is 13.1. The van der Waals surface area contributed by atoms with Gasteiger partial charge in [-0.1, -0.05) is 0 Å². The number of rotatable bonds is 5. The number of carbonyl (C=O) groups is 1. The molecule has 0 heterocycles. The second-order valence-electron chi connectivity index (χ2n) is 5.55. The van der Waals surface area contributed by atoms with Gasteiger partial charge in [0, 0.05) is 45.0 Å². The molecule has 2 aromatic carbocycles. The molecule has 2 aromatic rings. The monoisotopic (exact) mass is 298 g/mol. The number of ether oxygens (including phenoxy) is 1. The third-order valence-corrected chi connectivity index (χ3v) is 3.57. The highest BCUT2D eigenvalue weighted by Crippen LogP contribution is 2.28. The fourth-order valence-corrected chi connectivity index (χ4v) is 2.27. The van der Waals surface area contributed by atoms with Gasteiger partial charge < -0.3 is 14.5 Å². The Morgan fingerprint density at radius 1 is 0.864 bits per heavy atom. The Balaban J connectivity index is 2.33. The molecule has 0 aromatic heterocycles. The molecule has 0 aliphatic heterocycles. The highest BCUT2D eigenvalue weighted by Gasteiger charge is 2.13. The van der Waals surface area contributed by atoms with Crippen LogP contribution in [0.4, 0.5) is 11.4 Å². The van der Waals surface area contributed by atoms with Crippen LogP contribution in [0.25, 0.3) is 0 Å². The van der Waals surface area contributed by atoms with E-state index in [0.717, 1.165) is 11.4 Å². The van der Waals surface area contributed by atoms with Gasteiger partial charge in [-0.05, 0) is 42.5 Å². The molecule has 116 valence electrons. The van der Waals surface area contributed by atoms with Crippen LogP contribution in [0.3, 0.4) is 0 Å². The molecule has 2 rings (SSSR count). The maximum absolute atomic E-state index is 12.6. The lowest BCUT2D eigenvalue weighted by Gasteiger charge is -2.17. The van der Waals surface area contributed by atoms with Crippen molar-refractivity contribution < 1.29 is 9.53 Å². The maximum Gasteiger partial charge on any atom is 0.193 e. The van der Waals surface area contributed by atoms with Crippen LogP contribution in [0.15, 0.2) is 42.5 Å². The molecular formula is C18H22N2O2. The molecule has 0 aliphatic rings. The van der Waals surface area contributed by atoms with E-state index in [4.69, 9.17) is 4.74 Å². The van der Waals surface area contributed by atoms with Crippen molar-refractivity contribution in [2.24, 2.45) is 0 Å². The van der Waals surface area contributed by atoms with Gasteiger partial charge in [-0.25, -0.2) is 0 Å². The zero-order valence-corrected chi connectivity index (χ0v) is 13.8. The standard InChI is InChI=1S/C18H22N2O2/c1-19(2)15-9-6-13(7-10-15)18(21)14-8-11-16(20(3)4)17(12-14)22-5/h6-12H,1-5H3. The molecule has 0 saturated carbocycles. The molecule has 0 atom stereocenters. The van der Waals surface area contributed by atoms with Gasteiger partial charge in [0.15, 0.2) is 5.78 Å². The molecule has 0 amide bonds. The van der Waals surface area contributed by atoms with Crippen LogP contribution in [-0.2, 0) is 0 Å². The van der Waals surface area contributed by atoms with Crippen molar-refractivity contribution in [3.8, 4) is 5.75 Å². The molecule has 4 heteroatoms. The summed E-state index contributed by atoms with van der Waals surface area (Å²) >= 11 is 0. The van der Waals surface area contributed by atoms with E-state index in [-0.39, 0.29) is 5.78 Å². The van der Waals surface area contributed by atoms with Gasteiger partial charge in [-0.2, -0.15) is 0 Å².